The molecule has 0 aliphatic carbocycles. The third kappa shape index (κ3) is 3.29. The molecule has 0 aliphatic heterocycles. The maximum atomic E-state index is 11.6. The van der Waals surface area contributed by atoms with E-state index < -0.39 is 28.5 Å². The van der Waals surface area contributed by atoms with Crippen LogP contribution in [0.2, 0.25) is 0 Å². The molecule has 1 rings (SSSR count). The first-order chi connectivity index (χ1) is 9.40. The molecule has 8 nitrogen and oxygen atoms in total. The number of nitriles is 1. The quantitative estimate of drug-likeness (QED) is 0.266. The minimum atomic E-state index is -1.21. The molecule has 0 aliphatic rings. The zero-order valence-corrected chi connectivity index (χ0v) is 10.7. The summed E-state index contributed by atoms with van der Waals surface area (Å²) in [5, 5.41) is 19.5. The van der Waals surface area contributed by atoms with Gasteiger partial charge in [0.2, 0.25) is 5.75 Å². The van der Waals surface area contributed by atoms with Crippen molar-refractivity contribution in [1.29, 1.82) is 5.26 Å². The van der Waals surface area contributed by atoms with Crippen molar-refractivity contribution in [2.24, 2.45) is 5.92 Å². The van der Waals surface area contributed by atoms with Crippen LogP contribution in [0.25, 0.3) is 0 Å². The average molecular weight is 278 g/mol. The number of ether oxygens (including phenoxy) is 2. The minimum Gasteiger partial charge on any atom is -0.468 e. The van der Waals surface area contributed by atoms with Crippen molar-refractivity contribution in [1.82, 2.24) is 0 Å². The average Bonchev–Trinajstić information content (AvgIpc) is 2.45. The van der Waals surface area contributed by atoms with E-state index in [0.717, 1.165) is 19.2 Å². The van der Waals surface area contributed by atoms with E-state index in [1.807, 2.05) is 0 Å². The van der Waals surface area contributed by atoms with Crippen molar-refractivity contribution >= 4 is 17.6 Å². The molecule has 1 unspecified atom stereocenters. The second-order valence-electron chi connectivity index (χ2n) is 3.72. The van der Waals surface area contributed by atoms with E-state index in [2.05, 4.69) is 4.74 Å². The molecule has 20 heavy (non-hydrogen) atoms. The predicted molar refractivity (Wildman–Crippen MR) is 64.6 cm³/mol. The molecule has 0 amide bonds. The highest BCUT2D eigenvalue weighted by Crippen LogP contribution is 2.28. The lowest BCUT2D eigenvalue weighted by molar-refractivity contribution is -0.385. The SMILES string of the molecule is COC(=O)C(C)C(=O)Oc1ccc(C#N)cc1[N+](=O)[O-]. The Morgan fingerprint density at radius 2 is 2.05 bits per heavy atom. The molecule has 0 bridgehead atoms. The van der Waals surface area contributed by atoms with Gasteiger partial charge in [0.15, 0.2) is 5.92 Å². The Morgan fingerprint density at radius 3 is 2.55 bits per heavy atom. The molecule has 0 saturated heterocycles. The largest absolute Gasteiger partial charge is 0.468 e. The van der Waals surface area contributed by atoms with Gasteiger partial charge in [-0.15, -0.1) is 0 Å². The highest BCUT2D eigenvalue weighted by Gasteiger charge is 2.27. The van der Waals surface area contributed by atoms with Crippen molar-refractivity contribution in [3.63, 3.8) is 0 Å². The van der Waals surface area contributed by atoms with Gasteiger partial charge in [-0.1, -0.05) is 0 Å². The van der Waals surface area contributed by atoms with E-state index in [4.69, 9.17) is 10.00 Å². The number of carbonyl (C=O) groups excluding carboxylic acids is 2. The number of rotatable bonds is 4. The summed E-state index contributed by atoms with van der Waals surface area (Å²) in [5.41, 5.74) is -0.480. The first-order valence-corrected chi connectivity index (χ1v) is 5.38. The van der Waals surface area contributed by atoms with E-state index >= 15 is 0 Å². The van der Waals surface area contributed by atoms with E-state index in [9.17, 15) is 19.7 Å². The Bertz CT molecular complexity index is 604. The molecule has 8 heteroatoms. The monoisotopic (exact) mass is 278 g/mol. The van der Waals surface area contributed by atoms with Crippen molar-refractivity contribution in [2.75, 3.05) is 7.11 Å². The number of carbonyl (C=O) groups is 2. The highest BCUT2D eigenvalue weighted by molar-refractivity contribution is 5.95. The van der Waals surface area contributed by atoms with Crippen LogP contribution in [0.4, 0.5) is 5.69 Å². The molecular formula is C12H10N2O6. The smallest absolute Gasteiger partial charge is 0.325 e. The first kappa shape index (κ1) is 15.1. The molecule has 1 aromatic carbocycles. The molecule has 104 valence electrons. The summed E-state index contributed by atoms with van der Waals surface area (Å²) >= 11 is 0. The van der Waals surface area contributed by atoms with Gasteiger partial charge in [0, 0.05) is 6.07 Å². The standard InChI is InChI=1S/C12H10N2O6/c1-7(11(15)19-2)12(16)20-10-4-3-8(6-13)5-9(10)14(17)18/h3-5,7H,1-2H3. The van der Waals surface area contributed by atoms with Crippen molar-refractivity contribution in [3.05, 3.63) is 33.9 Å². The third-order valence-electron chi connectivity index (χ3n) is 2.40. The van der Waals surface area contributed by atoms with Crippen LogP contribution in [0.5, 0.6) is 5.75 Å². The summed E-state index contributed by atoms with van der Waals surface area (Å²) in [4.78, 5) is 32.9. The molecule has 0 N–H and O–H groups in total. The second-order valence-corrected chi connectivity index (χ2v) is 3.72. The molecule has 0 fully saturated rings. The normalized spacial score (nSPS) is 11.1. The number of nitrogens with zero attached hydrogens (tertiary/aromatic N) is 2. The van der Waals surface area contributed by atoms with Crippen LogP contribution in [0.3, 0.4) is 0 Å². The summed E-state index contributed by atoms with van der Waals surface area (Å²) in [6.07, 6.45) is 0. The first-order valence-electron chi connectivity index (χ1n) is 5.38. The number of hydrogen-bond donors (Lipinski definition) is 0. The number of nitro groups is 1. The maximum absolute atomic E-state index is 11.6. The van der Waals surface area contributed by atoms with Gasteiger partial charge in [0.1, 0.15) is 0 Å². The van der Waals surface area contributed by atoms with Gasteiger partial charge in [-0.3, -0.25) is 19.7 Å². The lowest BCUT2D eigenvalue weighted by atomic mass is 10.2. The van der Waals surface area contributed by atoms with E-state index in [0.29, 0.717) is 0 Å². The van der Waals surface area contributed by atoms with E-state index in [1.54, 1.807) is 6.07 Å². The second kappa shape index (κ2) is 6.29. The summed E-state index contributed by atoms with van der Waals surface area (Å²) in [7, 11) is 1.11. The summed E-state index contributed by atoms with van der Waals surface area (Å²) < 4.78 is 9.17. The highest BCUT2D eigenvalue weighted by atomic mass is 16.6. The van der Waals surface area contributed by atoms with E-state index in [-0.39, 0.29) is 11.3 Å². The Kier molecular flexibility index (Phi) is 4.75. The molecule has 1 atom stereocenters. The Balaban J connectivity index is 3.04. The van der Waals surface area contributed by atoms with Gasteiger partial charge in [0.05, 0.1) is 23.7 Å². The molecule has 1 aromatic rings. The zero-order chi connectivity index (χ0) is 15.3. The summed E-state index contributed by atoms with van der Waals surface area (Å²) in [6, 6.07) is 5.10. The van der Waals surface area contributed by atoms with Crippen LogP contribution in [-0.4, -0.2) is 24.0 Å². The zero-order valence-electron chi connectivity index (χ0n) is 10.7. The summed E-state index contributed by atoms with van der Waals surface area (Å²) in [6.45, 7) is 1.25. The van der Waals surface area contributed by atoms with Crippen molar-refractivity contribution in [3.8, 4) is 11.8 Å². The Hall–Kier alpha value is -2.95. The predicted octanol–water partition coefficient (Wildman–Crippen LogP) is 1.18. The van der Waals surface area contributed by atoms with Crippen molar-refractivity contribution in [2.45, 2.75) is 6.92 Å². The number of nitro benzene ring substituents is 1. The van der Waals surface area contributed by atoms with Crippen LogP contribution in [0.15, 0.2) is 18.2 Å². The number of benzene rings is 1. The van der Waals surface area contributed by atoms with Gasteiger partial charge in [-0.05, 0) is 19.1 Å². The molecule has 0 aromatic heterocycles. The lowest BCUT2D eigenvalue weighted by Gasteiger charge is -2.09. The van der Waals surface area contributed by atoms with Gasteiger partial charge in [-0.2, -0.15) is 5.26 Å². The van der Waals surface area contributed by atoms with E-state index in [1.165, 1.54) is 13.0 Å². The van der Waals surface area contributed by atoms with Crippen LogP contribution in [0, 0.1) is 27.4 Å². The number of esters is 2. The third-order valence-corrected chi connectivity index (χ3v) is 2.40. The fourth-order valence-electron chi connectivity index (χ4n) is 1.29. The minimum absolute atomic E-state index is 0.0533. The van der Waals surface area contributed by atoms with Crippen LogP contribution < -0.4 is 4.74 Å². The Morgan fingerprint density at radius 1 is 1.40 bits per heavy atom. The van der Waals surface area contributed by atoms with Gasteiger partial charge in [-0.25, -0.2) is 0 Å². The molecule has 0 heterocycles. The molecule has 0 saturated carbocycles. The fraction of sp³-hybridized carbons (Fsp3) is 0.250. The molecule has 0 spiro atoms. The van der Waals surface area contributed by atoms with Crippen molar-refractivity contribution < 1.29 is 24.0 Å². The van der Waals surface area contributed by atoms with Crippen LogP contribution >= 0.6 is 0 Å². The number of methoxy groups -OCH3 is 1. The van der Waals surface area contributed by atoms with Gasteiger partial charge in [0.25, 0.3) is 0 Å². The van der Waals surface area contributed by atoms with Gasteiger partial charge >= 0.3 is 17.6 Å². The summed E-state index contributed by atoms with van der Waals surface area (Å²) in [5.74, 6) is -3.35. The maximum Gasteiger partial charge on any atom is 0.325 e. The Labute approximate surface area is 113 Å². The van der Waals surface area contributed by atoms with Gasteiger partial charge < -0.3 is 9.47 Å². The van der Waals surface area contributed by atoms with Crippen LogP contribution in [-0.2, 0) is 14.3 Å². The fourth-order valence-corrected chi connectivity index (χ4v) is 1.29. The topological polar surface area (TPSA) is 120 Å². The molecule has 0 radical (unpaired) electrons. The molecular weight excluding hydrogens is 268 g/mol. The number of hydrogen-bond acceptors (Lipinski definition) is 7. The lowest BCUT2D eigenvalue weighted by Crippen LogP contribution is -2.26. The van der Waals surface area contributed by atoms with Crippen LogP contribution in [0.1, 0.15) is 12.5 Å².